The van der Waals surface area contributed by atoms with Gasteiger partial charge in [0.25, 0.3) is 0 Å². The number of benzene rings is 3. The molecule has 0 aliphatic heterocycles. The Labute approximate surface area is 279 Å². The number of aryl methyl sites for hydroxylation is 3. The van der Waals surface area contributed by atoms with Gasteiger partial charge in [-0.15, -0.1) is 0 Å². The molecule has 0 bridgehead atoms. The van der Waals surface area contributed by atoms with E-state index in [4.69, 9.17) is 14.2 Å². The van der Waals surface area contributed by atoms with Crippen molar-refractivity contribution in [3.05, 3.63) is 102 Å². The molecule has 0 radical (unpaired) electrons. The van der Waals surface area contributed by atoms with E-state index in [0.29, 0.717) is 56.3 Å². The zero-order chi connectivity index (χ0) is 34.4. The van der Waals surface area contributed by atoms with E-state index in [2.05, 4.69) is 62.5 Å². The predicted octanol–water partition coefficient (Wildman–Crippen LogP) is 7.58. The van der Waals surface area contributed by atoms with Crippen LogP contribution in [0.5, 0.6) is 5.75 Å². The lowest BCUT2D eigenvalue weighted by molar-refractivity contribution is -0.139. The Hall–Kier alpha value is -4.20. The van der Waals surface area contributed by atoms with E-state index in [-0.39, 0.29) is 26.4 Å². The summed E-state index contributed by atoms with van der Waals surface area (Å²) in [5.74, 6) is -0.109. The molecule has 0 heterocycles. The van der Waals surface area contributed by atoms with Crippen molar-refractivity contribution in [1.82, 2.24) is 0 Å². The van der Waals surface area contributed by atoms with Gasteiger partial charge in [0.05, 0.1) is 33.0 Å². The van der Waals surface area contributed by atoms with Crippen molar-refractivity contribution >= 4 is 11.9 Å². The minimum atomic E-state index is -0.634. The predicted molar refractivity (Wildman–Crippen MR) is 187 cm³/mol. The van der Waals surface area contributed by atoms with Gasteiger partial charge in [-0.1, -0.05) is 68.6 Å². The highest BCUT2D eigenvalue weighted by atomic mass is 16.5. The molecular weight excluding hydrogens is 592 g/mol. The van der Waals surface area contributed by atoms with Crippen molar-refractivity contribution in [2.75, 3.05) is 33.0 Å². The number of esters is 2. The van der Waals surface area contributed by atoms with Crippen LogP contribution in [0.2, 0.25) is 0 Å². The number of aliphatic hydroxyl groups is 2. The second-order valence-corrected chi connectivity index (χ2v) is 12.3. The molecule has 0 spiro atoms. The number of hydrogen-bond donors (Lipinski definition) is 2. The second kappa shape index (κ2) is 18.2. The van der Waals surface area contributed by atoms with E-state index in [0.717, 1.165) is 44.7 Å². The first-order valence-corrected chi connectivity index (χ1v) is 16.4. The Morgan fingerprint density at radius 3 is 1.77 bits per heavy atom. The fourth-order valence-electron chi connectivity index (χ4n) is 5.34. The normalized spacial score (nSPS) is 11.2. The van der Waals surface area contributed by atoms with E-state index in [1.165, 1.54) is 0 Å². The molecule has 0 aliphatic carbocycles. The molecule has 0 saturated heterocycles. The lowest BCUT2D eigenvalue weighted by Crippen LogP contribution is -2.31. The third-order valence-corrected chi connectivity index (χ3v) is 8.53. The minimum Gasteiger partial charge on any atom is -0.493 e. The fourth-order valence-corrected chi connectivity index (χ4v) is 5.34. The van der Waals surface area contributed by atoms with Crippen molar-refractivity contribution in [3.8, 4) is 28.0 Å². The van der Waals surface area contributed by atoms with Crippen LogP contribution in [-0.4, -0.2) is 55.2 Å². The Balaban J connectivity index is 2.01. The van der Waals surface area contributed by atoms with Crippen LogP contribution in [0.25, 0.3) is 22.3 Å². The van der Waals surface area contributed by atoms with E-state index < -0.39 is 17.4 Å². The van der Waals surface area contributed by atoms with Gasteiger partial charge in [-0.05, 0) is 110 Å². The van der Waals surface area contributed by atoms with Crippen LogP contribution in [0.4, 0.5) is 0 Å². The largest absolute Gasteiger partial charge is 0.493 e. The van der Waals surface area contributed by atoms with Crippen molar-refractivity contribution in [2.45, 2.75) is 66.2 Å². The van der Waals surface area contributed by atoms with Crippen molar-refractivity contribution in [3.63, 3.8) is 0 Å². The molecular formula is C40H50O7. The van der Waals surface area contributed by atoms with Crippen molar-refractivity contribution in [1.29, 1.82) is 0 Å². The molecule has 7 nitrogen and oxygen atoms in total. The topological polar surface area (TPSA) is 102 Å². The maximum absolute atomic E-state index is 12.0. The van der Waals surface area contributed by atoms with Gasteiger partial charge in [0.2, 0.25) is 0 Å². The van der Waals surface area contributed by atoms with Crippen LogP contribution in [0.3, 0.4) is 0 Å². The van der Waals surface area contributed by atoms with Crippen LogP contribution >= 0.6 is 0 Å². The van der Waals surface area contributed by atoms with Crippen LogP contribution in [-0.2, 0) is 31.9 Å². The summed E-state index contributed by atoms with van der Waals surface area (Å²) >= 11 is 0. The first kappa shape index (κ1) is 37.3. The highest BCUT2D eigenvalue weighted by Crippen LogP contribution is 2.36. The SMILES string of the molecule is C=C(C)C(=O)OCCCc1cc(-c2ccc(-c3ccccc3)cc2C)cc(CCCOC(=O)C(=C)C)c1OCCC(CC)(CO)CO. The molecule has 0 amide bonds. The number of hydrogen-bond acceptors (Lipinski definition) is 7. The lowest BCUT2D eigenvalue weighted by Gasteiger charge is -2.28. The van der Waals surface area contributed by atoms with E-state index >= 15 is 0 Å². The zero-order valence-corrected chi connectivity index (χ0v) is 28.4. The second-order valence-electron chi connectivity index (χ2n) is 12.3. The Morgan fingerprint density at radius 1 is 0.745 bits per heavy atom. The Kier molecular flexibility index (Phi) is 14.4. The van der Waals surface area contributed by atoms with Gasteiger partial charge in [-0.2, -0.15) is 0 Å². The average molecular weight is 643 g/mol. The first-order chi connectivity index (χ1) is 22.5. The highest BCUT2D eigenvalue weighted by molar-refractivity contribution is 5.87. The van der Waals surface area contributed by atoms with E-state index in [1.807, 2.05) is 25.1 Å². The molecule has 0 fully saturated rings. The Morgan fingerprint density at radius 2 is 1.30 bits per heavy atom. The van der Waals surface area contributed by atoms with Crippen molar-refractivity contribution < 1.29 is 34.0 Å². The molecule has 3 aromatic carbocycles. The quantitative estimate of drug-likeness (QED) is 0.0790. The van der Waals surface area contributed by atoms with E-state index in [1.54, 1.807) is 13.8 Å². The molecule has 3 aromatic rings. The number of carbonyl (C=O) groups is 2. The van der Waals surface area contributed by atoms with Gasteiger partial charge in [0.1, 0.15) is 5.75 Å². The molecule has 2 N–H and O–H groups in total. The van der Waals surface area contributed by atoms with Crippen molar-refractivity contribution in [2.24, 2.45) is 5.41 Å². The molecule has 7 heteroatoms. The first-order valence-electron chi connectivity index (χ1n) is 16.4. The maximum atomic E-state index is 12.0. The maximum Gasteiger partial charge on any atom is 0.333 e. The number of ether oxygens (including phenoxy) is 3. The molecule has 252 valence electrons. The van der Waals surface area contributed by atoms with Gasteiger partial charge in [0.15, 0.2) is 0 Å². The molecule has 0 aliphatic rings. The monoisotopic (exact) mass is 642 g/mol. The molecule has 0 aromatic heterocycles. The summed E-state index contributed by atoms with van der Waals surface area (Å²) in [6.45, 7) is 15.1. The average Bonchev–Trinajstić information content (AvgIpc) is 3.07. The summed E-state index contributed by atoms with van der Waals surface area (Å²) in [5.41, 5.74) is 7.53. The smallest absolute Gasteiger partial charge is 0.333 e. The van der Waals surface area contributed by atoms with Crippen LogP contribution in [0, 0.1) is 12.3 Å². The zero-order valence-electron chi connectivity index (χ0n) is 28.4. The highest BCUT2D eigenvalue weighted by Gasteiger charge is 2.27. The summed E-state index contributed by atoms with van der Waals surface area (Å²) < 4.78 is 17.3. The number of rotatable bonds is 19. The molecule has 3 rings (SSSR count). The van der Waals surface area contributed by atoms with Crippen LogP contribution in [0.15, 0.2) is 85.0 Å². The Bertz CT molecular complexity index is 1460. The third-order valence-electron chi connectivity index (χ3n) is 8.53. The minimum absolute atomic E-state index is 0.136. The lowest BCUT2D eigenvalue weighted by atomic mass is 9.84. The molecule has 0 atom stereocenters. The van der Waals surface area contributed by atoms with Crippen LogP contribution in [0.1, 0.15) is 63.1 Å². The third kappa shape index (κ3) is 10.7. The summed E-state index contributed by atoms with van der Waals surface area (Å²) in [7, 11) is 0. The summed E-state index contributed by atoms with van der Waals surface area (Å²) in [6.07, 6.45) is 3.42. The number of aliphatic hydroxyl groups excluding tert-OH is 2. The van der Waals surface area contributed by atoms with Gasteiger partial charge >= 0.3 is 11.9 Å². The summed E-state index contributed by atoms with van der Waals surface area (Å²) in [5, 5.41) is 20.0. The van der Waals surface area contributed by atoms with Gasteiger partial charge in [-0.3, -0.25) is 0 Å². The summed E-state index contributed by atoms with van der Waals surface area (Å²) in [6, 6.07) is 21.0. The molecule has 47 heavy (non-hydrogen) atoms. The van der Waals surface area contributed by atoms with E-state index in [9.17, 15) is 19.8 Å². The fraction of sp³-hybridized carbons (Fsp3) is 0.400. The number of carbonyl (C=O) groups excluding carboxylic acids is 2. The molecule has 0 saturated carbocycles. The van der Waals surface area contributed by atoms with Gasteiger partial charge < -0.3 is 24.4 Å². The van der Waals surface area contributed by atoms with Gasteiger partial charge in [0, 0.05) is 16.6 Å². The summed E-state index contributed by atoms with van der Waals surface area (Å²) in [4.78, 5) is 24.0. The van der Waals surface area contributed by atoms with Crippen LogP contribution < -0.4 is 4.74 Å². The van der Waals surface area contributed by atoms with Gasteiger partial charge in [-0.25, -0.2) is 9.59 Å². The molecule has 0 unspecified atom stereocenters. The standard InChI is InChI=1S/C40H50O7/c1-7-40(26-41,27-42)19-22-45-37-33(15-11-20-46-38(43)28(2)3)24-35(25-34(37)16-12-21-47-39(44)29(4)5)36-18-17-32(23-30(36)6)31-13-9-8-10-14-31/h8-10,13-14,17-18,23-25,41-42H,2,4,7,11-12,15-16,19-22,26-27H2,1,3,5-6H3.